The number of carbonyl (C=O) groups is 1. The molecule has 0 aliphatic heterocycles. The highest BCUT2D eigenvalue weighted by atomic mass is 16.5. The van der Waals surface area contributed by atoms with E-state index in [1.807, 2.05) is 6.07 Å². The first kappa shape index (κ1) is 15.1. The minimum Gasteiger partial charge on any atom is -0.461 e. The molecule has 0 unspecified atom stereocenters. The molecule has 7 heteroatoms. The molecule has 7 nitrogen and oxygen atoms in total. The zero-order valence-electron chi connectivity index (χ0n) is 12.9. The highest BCUT2D eigenvalue weighted by Crippen LogP contribution is 2.14. The molecule has 0 saturated heterocycles. The minimum absolute atomic E-state index is 0.0762. The topological polar surface area (TPSA) is 87.5 Å². The Kier molecular flexibility index (Phi) is 4.01. The number of carbonyl (C=O) groups excluding carboxylic acids is 1. The number of esters is 1. The van der Waals surface area contributed by atoms with Gasteiger partial charge < -0.3 is 13.7 Å². The van der Waals surface area contributed by atoms with Gasteiger partial charge in [0.1, 0.15) is 12.4 Å². The van der Waals surface area contributed by atoms with Crippen LogP contribution in [0.1, 0.15) is 23.4 Å². The molecular weight excluding hydrogens is 300 g/mol. The van der Waals surface area contributed by atoms with Crippen LogP contribution in [0, 0.1) is 13.8 Å². The van der Waals surface area contributed by atoms with Crippen molar-refractivity contribution in [2.75, 3.05) is 0 Å². The second kappa shape index (κ2) is 6.12. The van der Waals surface area contributed by atoms with Crippen LogP contribution in [0.4, 0.5) is 0 Å². The van der Waals surface area contributed by atoms with Gasteiger partial charge in [-0.15, -0.1) is 0 Å². The summed E-state index contributed by atoms with van der Waals surface area (Å²) < 4.78 is 16.8. The van der Waals surface area contributed by atoms with Gasteiger partial charge in [0.2, 0.25) is 0 Å². The van der Waals surface area contributed by atoms with Crippen molar-refractivity contribution in [1.82, 2.24) is 9.72 Å². The molecule has 0 atom stereocenters. The molecule has 0 saturated carbocycles. The number of para-hydroxylation sites is 2. The quantitative estimate of drug-likeness (QED) is 0.671. The number of hydrogen-bond acceptors (Lipinski definition) is 6. The van der Waals surface area contributed by atoms with Gasteiger partial charge >= 0.3 is 11.7 Å². The van der Waals surface area contributed by atoms with Gasteiger partial charge in [-0.3, -0.25) is 9.36 Å². The summed E-state index contributed by atoms with van der Waals surface area (Å²) in [4.78, 5) is 23.7. The summed E-state index contributed by atoms with van der Waals surface area (Å²) in [7, 11) is 0. The molecule has 3 aromatic rings. The molecule has 0 amide bonds. The molecule has 3 rings (SSSR count). The van der Waals surface area contributed by atoms with Crippen LogP contribution < -0.4 is 5.76 Å². The molecule has 120 valence electrons. The maximum absolute atomic E-state index is 11.9. The Morgan fingerprint density at radius 3 is 2.83 bits per heavy atom. The van der Waals surface area contributed by atoms with Crippen LogP contribution in [0.15, 0.2) is 38.0 Å². The van der Waals surface area contributed by atoms with Crippen molar-refractivity contribution in [2.45, 2.75) is 33.4 Å². The Hall–Kier alpha value is -2.83. The zero-order chi connectivity index (χ0) is 16.4. The van der Waals surface area contributed by atoms with Gasteiger partial charge in [0, 0.05) is 6.54 Å². The number of aromatic nitrogens is 2. The van der Waals surface area contributed by atoms with E-state index in [1.54, 1.807) is 32.0 Å². The average molecular weight is 316 g/mol. The maximum atomic E-state index is 11.9. The van der Waals surface area contributed by atoms with E-state index in [4.69, 9.17) is 13.7 Å². The molecule has 0 aliphatic rings. The fraction of sp³-hybridized carbons (Fsp3) is 0.312. The number of oxazole rings is 1. The number of hydrogen-bond donors (Lipinski definition) is 0. The lowest BCUT2D eigenvalue weighted by molar-refractivity contribution is -0.145. The van der Waals surface area contributed by atoms with E-state index in [2.05, 4.69) is 5.16 Å². The van der Waals surface area contributed by atoms with E-state index in [1.165, 1.54) is 4.57 Å². The van der Waals surface area contributed by atoms with Crippen molar-refractivity contribution in [2.24, 2.45) is 0 Å². The Labute approximate surface area is 131 Å². The lowest BCUT2D eigenvalue weighted by Crippen LogP contribution is -2.17. The Morgan fingerprint density at radius 2 is 2.09 bits per heavy atom. The van der Waals surface area contributed by atoms with E-state index in [-0.39, 0.29) is 19.6 Å². The number of aryl methyl sites for hydroxylation is 3. The minimum atomic E-state index is -0.482. The Morgan fingerprint density at radius 1 is 1.30 bits per heavy atom. The van der Waals surface area contributed by atoms with E-state index < -0.39 is 11.7 Å². The fourth-order valence-corrected chi connectivity index (χ4v) is 2.36. The van der Waals surface area contributed by atoms with Crippen LogP contribution >= 0.6 is 0 Å². The van der Waals surface area contributed by atoms with Crippen LogP contribution in [0.2, 0.25) is 0 Å². The smallest absolute Gasteiger partial charge is 0.419 e. The van der Waals surface area contributed by atoms with Crippen molar-refractivity contribution in [1.29, 1.82) is 0 Å². The summed E-state index contributed by atoms with van der Waals surface area (Å²) in [6, 6.07) is 7.08. The van der Waals surface area contributed by atoms with Gasteiger partial charge in [-0.25, -0.2) is 4.79 Å². The van der Waals surface area contributed by atoms with E-state index >= 15 is 0 Å². The Bertz CT molecular complexity index is 883. The first-order valence-electron chi connectivity index (χ1n) is 7.22. The highest BCUT2D eigenvalue weighted by molar-refractivity contribution is 5.73. The van der Waals surface area contributed by atoms with Crippen molar-refractivity contribution < 1.29 is 18.5 Å². The summed E-state index contributed by atoms with van der Waals surface area (Å²) in [5, 5.41) is 3.80. The van der Waals surface area contributed by atoms with Crippen LogP contribution in [-0.4, -0.2) is 15.7 Å². The van der Waals surface area contributed by atoms with Crippen LogP contribution in [-0.2, 0) is 22.7 Å². The van der Waals surface area contributed by atoms with E-state index in [0.29, 0.717) is 22.6 Å². The number of ether oxygens (including phenoxy) is 1. The summed E-state index contributed by atoms with van der Waals surface area (Å²) in [6.07, 6.45) is 0.0762. The second-order valence-electron chi connectivity index (χ2n) is 5.20. The monoisotopic (exact) mass is 316 g/mol. The van der Waals surface area contributed by atoms with Gasteiger partial charge in [0.25, 0.3) is 0 Å². The third-order valence-electron chi connectivity index (χ3n) is 3.67. The first-order valence-corrected chi connectivity index (χ1v) is 7.22. The molecule has 0 spiro atoms. The average Bonchev–Trinajstić information content (AvgIpc) is 3.02. The lowest BCUT2D eigenvalue weighted by atomic mass is 10.2. The normalized spacial score (nSPS) is 11.0. The number of nitrogens with zero attached hydrogens (tertiary/aromatic N) is 2. The number of rotatable bonds is 5. The SMILES string of the molecule is Cc1noc(C)c1COC(=O)CCn1c(=O)oc2ccccc21. The Balaban J connectivity index is 1.63. The van der Waals surface area contributed by atoms with E-state index in [9.17, 15) is 9.59 Å². The molecule has 0 N–H and O–H groups in total. The third-order valence-corrected chi connectivity index (χ3v) is 3.67. The summed E-state index contributed by atoms with van der Waals surface area (Å²) in [5.74, 6) is -0.251. The molecule has 1 aromatic carbocycles. The molecule has 2 aromatic heterocycles. The van der Waals surface area contributed by atoms with Gasteiger partial charge in [-0.05, 0) is 26.0 Å². The van der Waals surface area contributed by atoms with Crippen LogP contribution in [0.3, 0.4) is 0 Å². The van der Waals surface area contributed by atoms with Gasteiger partial charge in [-0.2, -0.15) is 0 Å². The molecule has 0 bridgehead atoms. The molecule has 0 fully saturated rings. The first-order chi connectivity index (χ1) is 11.1. The standard InChI is InChI=1S/C16H16N2O5/c1-10-12(11(2)23-17-10)9-21-15(19)7-8-18-13-5-3-4-6-14(13)22-16(18)20/h3-6H,7-9H2,1-2H3. The number of fused-ring (bicyclic) bond motifs is 1. The van der Waals surface area contributed by atoms with Crippen molar-refractivity contribution >= 4 is 17.1 Å². The molecule has 2 heterocycles. The van der Waals surface area contributed by atoms with Crippen molar-refractivity contribution in [3.63, 3.8) is 0 Å². The molecular formula is C16H16N2O5. The second-order valence-corrected chi connectivity index (χ2v) is 5.20. The third kappa shape index (κ3) is 3.03. The van der Waals surface area contributed by atoms with Crippen LogP contribution in [0.5, 0.6) is 0 Å². The molecule has 0 aliphatic carbocycles. The zero-order valence-corrected chi connectivity index (χ0v) is 12.9. The molecule has 23 heavy (non-hydrogen) atoms. The van der Waals surface area contributed by atoms with E-state index in [0.717, 1.165) is 5.56 Å². The molecule has 0 radical (unpaired) electrons. The highest BCUT2D eigenvalue weighted by Gasteiger charge is 2.14. The lowest BCUT2D eigenvalue weighted by Gasteiger charge is -2.05. The van der Waals surface area contributed by atoms with Gasteiger partial charge in [0.05, 0.1) is 23.2 Å². The predicted octanol–water partition coefficient (Wildman–Crippen LogP) is 2.33. The largest absolute Gasteiger partial charge is 0.461 e. The summed E-state index contributed by atoms with van der Waals surface area (Å²) in [5.41, 5.74) is 2.63. The fourth-order valence-electron chi connectivity index (χ4n) is 2.36. The van der Waals surface area contributed by atoms with Gasteiger partial charge in [-0.1, -0.05) is 17.3 Å². The van der Waals surface area contributed by atoms with Gasteiger partial charge in [0.15, 0.2) is 5.58 Å². The predicted molar refractivity (Wildman–Crippen MR) is 80.9 cm³/mol. The van der Waals surface area contributed by atoms with Crippen molar-refractivity contribution in [3.8, 4) is 0 Å². The number of benzene rings is 1. The summed E-state index contributed by atoms with van der Waals surface area (Å²) >= 11 is 0. The summed E-state index contributed by atoms with van der Waals surface area (Å²) in [6.45, 7) is 3.87. The van der Waals surface area contributed by atoms with Crippen molar-refractivity contribution in [3.05, 3.63) is 51.8 Å². The maximum Gasteiger partial charge on any atom is 0.419 e. The van der Waals surface area contributed by atoms with Crippen LogP contribution in [0.25, 0.3) is 11.1 Å².